The number of rotatable bonds is 5. The van der Waals surface area contributed by atoms with Gasteiger partial charge in [0.05, 0.1) is 0 Å². The van der Waals surface area contributed by atoms with E-state index in [2.05, 4.69) is 4.18 Å². The monoisotopic (exact) mass is 502 g/mol. The third-order valence-corrected chi connectivity index (χ3v) is 4.46. The van der Waals surface area contributed by atoms with E-state index in [9.17, 15) is 47.9 Å². The Morgan fingerprint density at radius 2 is 1.21 bits per heavy atom. The van der Waals surface area contributed by atoms with E-state index in [0.29, 0.717) is 15.7 Å². The van der Waals surface area contributed by atoms with Crippen LogP contribution in [0.2, 0.25) is 0 Å². The Labute approximate surface area is 142 Å². The third kappa shape index (κ3) is 3.39. The molecule has 1 rings (SSSR count). The largest absolute Gasteiger partial charge is 0.460 e. The van der Waals surface area contributed by atoms with Crippen LogP contribution in [0.1, 0.15) is 0 Å². The van der Waals surface area contributed by atoms with E-state index in [0.717, 1.165) is 12.1 Å². The standard InChI is InChI=1S/C10H4F9IO3S/c11-7(12,9(15,16)17)8(13,14)10(18,19)24(21,22)23-6-3-1-5(20)2-4-6/h1-4H. The molecule has 0 unspecified atom stereocenters. The molecule has 0 aromatic heterocycles. The SMILES string of the molecule is O=S(=O)(Oc1ccc(I)cc1)C(F)(F)C(F)(F)C(F)(F)C(F)(F)F. The van der Waals surface area contributed by atoms with Gasteiger partial charge < -0.3 is 4.18 Å². The fraction of sp³-hybridized carbons (Fsp3) is 0.400. The van der Waals surface area contributed by atoms with Gasteiger partial charge in [0.1, 0.15) is 5.75 Å². The van der Waals surface area contributed by atoms with E-state index in [-0.39, 0.29) is 0 Å². The molecular weight excluding hydrogens is 498 g/mol. The summed E-state index contributed by atoms with van der Waals surface area (Å²) in [6.07, 6.45) is -7.13. The second-order valence-corrected chi connectivity index (χ2v) is 6.99. The summed E-state index contributed by atoms with van der Waals surface area (Å²) in [5, 5.41) is -6.87. The summed E-state index contributed by atoms with van der Waals surface area (Å²) in [5.74, 6) is -15.6. The molecule has 0 aliphatic heterocycles. The zero-order valence-corrected chi connectivity index (χ0v) is 13.7. The molecule has 0 fully saturated rings. The number of halogens is 10. The number of alkyl halides is 9. The molecule has 0 heterocycles. The van der Waals surface area contributed by atoms with Crippen molar-refractivity contribution in [1.82, 2.24) is 0 Å². The molecule has 0 saturated heterocycles. The van der Waals surface area contributed by atoms with Crippen molar-refractivity contribution >= 4 is 32.7 Å². The minimum Gasteiger partial charge on any atom is -0.378 e. The van der Waals surface area contributed by atoms with Crippen LogP contribution in [0.4, 0.5) is 39.5 Å². The van der Waals surface area contributed by atoms with Crippen LogP contribution in [0.15, 0.2) is 24.3 Å². The van der Waals surface area contributed by atoms with Crippen molar-refractivity contribution < 1.29 is 52.1 Å². The van der Waals surface area contributed by atoms with E-state index in [1.54, 1.807) is 22.6 Å². The van der Waals surface area contributed by atoms with Gasteiger partial charge in [0.25, 0.3) is 0 Å². The molecule has 1 aromatic carbocycles. The Morgan fingerprint density at radius 1 is 0.792 bits per heavy atom. The van der Waals surface area contributed by atoms with Crippen molar-refractivity contribution in [1.29, 1.82) is 0 Å². The molecule has 3 nitrogen and oxygen atoms in total. The van der Waals surface area contributed by atoms with Gasteiger partial charge in [0.2, 0.25) is 0 Å². The van der Waals surface area contributed by atoms with Crippen molar-refractivity contribution in [3.05, 3.63) is 27.8 Å². The van der Waals surface area contributed by atoms with Gasteiger partial charge in [-0.05, 0) is 46.9 Å². The summed E-state index contributed by atoms with van der Waals surface area (Å²) in [4.78, 5) is 0. The quantitative estimate of drug-likeness (QED) is 0.340. The molecule has 24 heavy (non-hydrogen) atoms. The molecule has 0 spiro atoms. The first kappa shape index (κ1) is 21.1. The van der Waals surface area contributed by atoms with Crippen LogP contribution in [0.3, 0.4) is 0 Å². The second kappa shape index (κ2) is 6.10. The minimum atomic E-state index is -7.33. The summed E-state index contributed by atoms with van der Waals surface area (Å²) in [5.41, 5.74) is 0. The molecule has 0 radical (unpaired) electrons. The molecular formula is C10H4F9IO3S. The van der Waals surface area contributed by atoms with Crippen molar-refractivity contribution in [3.8, 4) is 5.75 Å². The first-order chi connectivity index (χ1) is 10.5. The second-order valence-electron chi connectivity index (χ2n) is 4.15. The third-order valence-electron chi connectivity index (χ3n) is 2.45. The molecule has 0 atom stereocenters. The predicted octanol–water partition coefficient (Wildman–Crippen LogP) is 4.43. The van der Waals surface area contributed by atoms with Gasteiger partial charge >= 0.3 is 33.4 Å². The van der Waals surface area contributed by atoms with Crippen LogP contribution in [-0.4, -0.2) is 31.7 Å². The highest BCUT2D eigenvalue weighted by atomic mass is 127. The predicted molar refractivity (Wildman–Crippen MR) is 69.6 cm³/mol. The Kier molecular flexibility index (Phi) is 5.37. The smallest absolute Gasteiger partial charge is 0.378 e. The van der Waals surface area contributed by atoms with Crippen molar-refractivity contribution in [2.75, 3.05) is 0 Å². The van der Waals surface area contributed by atoms with Crippen molar-refractivity contribution in [2.24, 2.45) is 0 Å². The molecule has 0 aliphatic carbocycles. The Bertz CT molecular complexity index is 697. The van der Waals surface area contributed by atoms with Crippen LogP contribution < -0.4 is 4.18 Å². The summed E-state index contributed by atoms with van der Waals surface area (Å²) in [7, 11) is -6.89. The van der Waals surface area contributed by atoms with Gasteiger partial charge in [-0.2, -0.15) is 47.9 Å². The summed E-state index contributed by atoms with van der Waals surface area (Å²) in [6, 6.07) is 3.56. The lowest BCUT2D eigenvalue weighted by molar-refractivity contribution is -0.382. The van der Waals surface area contributed by atoms with Gasteiger partial charge in [0.15, 0.2) is 0 Å². The van der Waals surface area contributed by atoms with Gasteiger partial charge in [-0.25, -0.2) is 0 Å². The Morgan fingerprint density at radius 3 is 1.58 bits per heavy atom. The molecule has 0 amide bonds. The van der Waals surface area contributed by atoms with Crippen LogP contribution in [0.5, 0.6) is 5.75 Å². The lowest BCUT2D eigenvalue weighted by Crippen LogP contribution is -2.63. The highest BCUT2D eigenvalue weighted by Crippen LogP contribution is 2.54. The van der Waals surface area contributed by atoms with Crippen molar-refractivity contribution in [2.45, 2.75) is 23.3 Å². The fourth-order valence-electron chi connectivity index (χ4n) is 1.19. The fourth-order valence-corrected chi connectivity index (χ4v) is 2.46. The maximum Gasteiger partial charge on any atom is 0.460 e. The zero-order valence-electron chi connectivity index (χ0n) is 10.7. The molecule has 0 bridgehead atoms. The van der Waals surface area contributed by atoms with E-state index < -0.39 is 39.1 Å². The lowest BCUT2D eigenvalue weighted by atomic mass is 10.1. The average molecular weight is 502 g/mol. The first-order valence-corrected chi connectivity index (χ1v) is 7.86. The van der Waals surface area contributed by atoms with Crippen LogP contribution in [-0.2, 0) is 10.1 Å². The summed E-state index contributed by atoms with van der Waals surface area (Å²) in [6.45, 7) is 0. The van der Waals surface area contributed by atoms with Gasteiger partial charge in [-0.3, -0.25) is 0 Å². The van der Waals surface area contributed by atoms with E-state index in [1.807, 2.05) is 0 Å². The molecule has 0 saturated carbocycles. The van der Waals surface area contributed by atoms with E-state index in [4.69, 9.17) is 0 Å². The summed E-state index contributed by atoms with van der Waals surface area (Å²) < 4.78 is 140. The molecule has 14 heteroatoms. The van der Waals surface area contributed by atoms with E-state index in [1.165, 1.54) is 0 Å². The number of benzene rings is 1. The topological polar surface area (TPSA) is 43.4 Å². The number of hydrogen-bond acceptors (Lipinski definition) is 3. The minimum absolute atomic E-state index is 0.429. The van der Waals surface area contributed by atoms with Crippen molar-refractivity contribution in [3.63, 3.8) is 0 Å². The maximum absolute atomic E-state index is 13.3. The highest BCUT2D eigenvalue weighted by Gasteiger charge is 2.86. The molecule has 138 valence electrons. The van der Waals surface area contributed by atoms with Gasteiger partial charge in [-0.1, -0.05) is 0 Å². The highest BCUT2D eigenvalue weighted by molar-refractivity contribution is 14.1. The van der Waals surface area contributed by atoms with Crippen LogP contribution in [0.25, 0.3) is 0 Å². The molecule has 1 aromatic rings. The molecule has 0 aliphatic rings. The lowest BCUT2D eigenvalue weighted by Gasteiger charge is -2.32. The number of hydrogen-bond donors (Lipinski definition) is 0. The first-order valence-electron chi connectivity index (χ1n) is 5.37. The molecule has 0 N–H and O–H groups in total. The Hall–Kier alpha value is -0.930. The zero-order chi connectivity index (χ0) is 19.2. The van der Waals surface area contributed by atoms with Crippen LogP contribution >= 0.6 is 22.6 Å². The average Bonchev–Trinajstić information content (AvgIpc) is 2.39. The maximum atomic E-state index is 13.3. The van der Waals surface area contributed by atoms with E-state index >= 15 is 0 Å². The summed E-state index contributed by atoms with van der Waals surface area (Å²) >= 11 is 1.68. The van der Waals surface area contributed by atoms with Gasteiger partial charge in [0, 0.05) is 3.57 Å². The normalized spacial score (nSPS) is 14.6. The Balaban J connectivity index is 3.32. The van der Waals surface area contributed by atoms with Crippen LogP contribution in [0, 0.1) is 3.57 Å². The van der Waals surface area contributed by atoms with Gasteiger partial charge in [-0.15, -0.1) is 0 Å².